The Kier molecular flexibility index (Phi) is 6.00. The number of cyclic esters (lactones) is 1. The van der Waals surface area contributed by atoms with Gasteiger partial charge in [-0.05, 0) is 61.1 Å². The highest BCUT2D eigenvalue weighted by Gasteiger charge is 2.55. The third-order valence-electron chi connectivity index (χ3n) is 6.19. The number of rotatable bonds is 7. The van der Waals surface area contributed by atoms with Crippen LogP contribution in [-0.2, 0) is 28.9 Å². The number of benzene rings is 2. The zero-order valence-corrected chi connectivity index (χ0v) is 17.9. The molecule has 1 saturated heterocycles. The molecule has 1 N–H and O–H groups in total. The zero-order chi connectivity index (χ0) is 20.4. The molecule has 0 amide bonds. The van der Waals surface area contributed by atoms with E-state index in [9.17, 15) is 4.79 Å². The molecule has 0 spiro atoms. The molecule has 2 aliphatic rings. The van der Waals surface area contributed by atoms with Gasteiger partial charge in [-0.3, -0.25) is 4.79 Å². The monoisotopic (exact) mass is 429 g/mol. The highest BCUT2D eigenvalue weighted by Crippen LogP contribution is 2.52. The van der Waals surface area contributed by atoms with Crippen molar-refractivity contribution in [3.8, 4) is 0 Å². The van der Waals surface area contributed by atoms with Crippen LogP contribution >= 0.6 is 23.2 Å². The summed E-state index contributed by atoms with van der Waals surface area (Å²) in [6.07, 6.45) is 3.17. The van der Waals surface area contributed by atoms with Crippen LogP contribution in [0.4, 0.5) is 0 Å². The minimum absolute atomic E-state index is 0.0508. The van der Waals surface area contributed by atoms with Crippen molar-refractivity contribution in [2.45, 2.75) is 32.2 Å². The van der Waals surface area contributed by atoms with Crippen molar-refractivity contribution < 1.29 is 9.53 Å². The molecule has 152 valence electrons. The van der Waals surface area contributed by atoms with Gasteiger partial charge in [0.1, 0.15) is 0 Å². The van der Waals surface area contributed by atoms with Crippen molar-refractivity contribution in [1.82, 2.24) is 5.32 Å². The van der Waals surface area contributed by atoms with Gasteiger partial charge in [0.05, 0.1) is 12.0 Å². The maximum Gasteiger partial charge on any atom is 0.313 e. The number of carbonyl (C=O) groups is 1. The maximum absolute atomic E-state index is 12.4. The zero-order valence-electron chi connectivity index (χ0n) is 16.3. The van der Waals surface area contributed by atoms with E-state index in [4.69, 9.17) is 27.9 Å². The third kappa shape index (κ3) is 4.23. The minimum atomic E-state index is -0.398. The van der Waals surface area contributed by atoms with Gasteiger partial charge in [0.25, 0.3) is 0 Å². The number of esters is 1. The van der Waals surface area contributed by atoms with Crippen LogP contribution in [0, 0.1) is 11.3 Å². The fraction of sp³-hybridized carbons (Fsp3) is 0.375. The Hall–Kier alpha value is -1.81. The highest BCUT2D eigenvalue weighted by molar-refractivity contribution is 6.35. The van der Waals surface area contributed by atoms with E-state index in [0.29, 0.717) is 16.7 Å². The van der Waals surface area contributed by atoms with Crippen LogP contribution in [0.15, 0.2) is 54.6 Å². The average molecular weight is 430 g/mol. The van der Waals surface area contributed by atoms with Crippen molar-refractivity contribution in [3.63, 3.8) is 0 Å². The first-order valence-corrected chi connectivity index (χ1v) is 10.8. The quantitative estimate of drug-likeness (QED) is 0.364. The Morgan fingerprint density at radius 2 is 1.79 bits per heavy atom. The minimum Gasteiger partial charge on any atom is -0.465 e. The number of nitrogens with one attached hydrogen (secondary N) is 1. The van der Waals surface area contributed by atoms with Gasteiger partial charge in [-0.2, -0.15) is 0 Å². The standard InChI is InChI=1S/C24H25Cl2NO2/c1-16-11-19-15-29-23(28)24(19,12-16)13-17-5-7-18(8-6-17)14-27-10-9-20-21(25)3-2-4-22(20)26/h2-8,19,27H,1,9-15H2. The van der Waals surface area contributed by atoms with Gasteiger partial charge in [0, 0.05) is 22.5 Å². The van der Waals surface area contributed by atoms with Gasteiger partial charge in [-0.15, -0.1) is 0 Å². The molecule has 1 heterocycles. The van der Waals surface area contributed by atoms with Gasteiger partial charge in [-0.25, -0.2) is 0 Å². The topological polar surface area (TPSA) is 38.3 Å². The lowest BCUT2D eigenvalue weighted by molar-refractivity contribution is -0.146. The largest absolute Gasteiger partial charge is 0.465 e. The maximum atomic E-state index is 12.4. The van der Waals surface area contributed by atoms with Crippen LogP contribution < -0.4 is 5.32 Å². The predicted octanol–water partition coefficient (Wildman–Crippen LogP) is 5.38. The van der Waals surface area contributed by atoms with Gasteiger partial charge >= 0.3 is 5.97 Å². The van der Waals surface area contributed by atoms with E-state index in [-0.39, 0.29) is 11.9 Å². The van der Waals surface area contributed by atoms with Crippen LogP contribution in [-0.4, -0.2) is 19.1 Å². The molecule has 2 atom stereocenters. The summed E-state index contributed by atoms with van der Waals surface area (Å²) < 4.78 is 5.38. The Bertz CT molecular complexity index is 905. The predicted molar refractivity (Wildman–Crippen MR) is 117 cm³/mol. The SMILES string of the molecule is C=C1CC2COC(=O)C2(Cc2ccc(CNCCc3c(Cl)cccc3Cl)cc2)C1. The average Bonchev–Trinajstić information content (AvgIpc) is 3.16. The van der Waals surface area contributed by atoms with Gasteiger partial charge in [0.15, 0.2) is 0 Å². The fourth-order valence-electron chi connectivity index (χ4n) is 4.62. The Balaban J connectivity index is 1.32. The summed E-state index contributed by atoms with van der Waals surface area (Å²) in [6.45, 7) is 6.22. The molecular weight excluding hydrogens is 405 g/mol. The summed E-state index contributed by atoms with van der Waals surface area (Å²) >= 11 is 12.4. The first-order chi connectivity index (χ1) is 14.0. The molecule has 0 radical (unpaired) electrons. The molecule has 29 heavy (non-hydrogen) atoms. The summed E-state index contributed by atoms with van der Waals surface area (Å²) in [5.74, 6) is 0.227. The molecule has 1 saturated carbocycles. The summed E-state index contributed by atoms with van der Waals surface area (Å²) in [4.78, 5) is 12.4. The number of fused-ring (bicyclic) bond motifs is 1. The van der Waals surface area contributed by atoms with Crippen molar-refractivity contribution in [3.05, 3.63) is 81.4 Å². The highest BCUT2D eigenvalue weighted by atomic mass is 35.5. The molecule has 5 heteroatoms. The Labute approximate surface area is 182 Å². The molecular formula is C24H25Cl2NO2. The van der Waals surface area contributed by atoms with Gasteiger partial charge < -0.3 is 10.1 Å². The molecule has 0 bridgehead atoms. The number of carbonyl (C=O) groups excluding carboxylic acids is 1. The smallest absolute Gasteiger partial charge is 0.313 e. The van der Waals surface area contributed by atoms with E-state index in [2.05, 4.69) is 36.2 Å². The first-order valence-electron chi connectivity index (χ1n) is 10.0. The summed E-state index contributed by atoms with van der Waals surface area (Å²) in [5, 5.41) is 4.86. The molecule has 2 fully saturated rings. The van der Waals surface area contributed by atoms with Crippen LogP contribution in [0.2, 0.25) is 10.0 Å². The fourth-order valence-corrected chi connectivity index (χ4v) is 5.21. The molecule has 3 nitrogen and oxygen atoms in total. The van der Waals surface area contributed by atoms with E-state index in [0.717, 1.165) is 44.3 Å². The van der Waals surface area contributed by atoms with Crippen LogP contribution in [0.3, 0.4) is 0 Å². The van der Waals surface area contributed by atoms with E-state index in [1.807, 2.05) is 18.2 Å². The molecule has 1 aliphatic carbocycles. The second-order valence-corrected chi connectivity index (χ2v) is 9.02. The van der Waals surface area contributed by atoms with Crippen LogP contribution in [0.25, 0.3) is 0 Å². The van der Waals surface area contributed by atoms with E-state index in [1.165, 1.54) is 16.7 Å². The van der Waals surface area contributed by atoms with Crippen LogP contribution in [0.1, 0.15) is 29.5 Å². The summed E-state index contributed by atoms with van der Waals surface area (Å²) in [6, 6.07) is 14.1. The summed E-state index contributed by atoms with van der Waals surface area (Å²) in [5.41, 5.74) is 4.14. The number of hydrogen-bond donors (Lipinski definition) is 1. The molecule has 2 unspecified atom stereocenters. The summed E-state index contributed by atoms with van der Waals surface area (Å²) in [7, 11) is 0. The lowest BCUT2D eigenvalue weighted by Gasteiger charge is -2.24. The van der Waals surface area contributed by atoms with E-state index >= 15 is 0 Å². The second kappa shape index (κ2) is 8.51. The van der Waals surface area contributed by atoms with Crippen molar-refractivity contribution in [2.24, 2.45) is 11.3 Å². The molecule has 4 rings (SSSR count). The third-order valence-corrected chi connectivity index (χ3v) is 6.90. The second-order valence-electron chi connectivity index (χ2n) is 8.20. The van der Waals surface area contributed by atoms with Crippen molar-refractivity contribution in [2.75, 3.05) is 13.2 Å². The lowest BCUT2D eigenvalue weighted by atomic mass is 9.75. The molecule has 0 aromatic heterocycles. The molecule has 1 aliphatic heterocycles. The lowest BCUT2D eigenvalue weighted by Crippen LogP contribution is -2.31. The van der Waals surface area contributed by atoms with E-state index < -0.39 is 5.41 Å². The number of halogens is 2. The number of hydrogen-bond acceptors (Lipinski definition) is 3. The van der Waals surface area contributed by atoms with Crippen molar-refractivity contribution in [1.29, 1.82) is 0 Å². The number of ether oxygens (including phenoxy) is 1. The van der Waals surface area contributed by atoms with E-state index in [1.54, 1.807) is 0 Å². The van der Waals surface area contributed by atoms with Gasteiger partial charge in [0.2, 0.25) is 0 Å². The number of allylic oxidation sites excluding steroid dienone is 1. The molecule has 2 aromatic rings. The van der Waals surface area contributed by atoms with Crippen LogP contribution in [0.5, 0.6) is 0 Å². The Morgan fingerprint density at radius 3 is 2.52 bits per heavy atom. The normalized spacial score (nSPS) is 23.3. The Morgan fingerprint density at radius 1 is 1.10 bits per heavy atom. The van der Waals surface area contributed by atoms with Gasteiger partial charge in [-0.1, -0.05) is 65.7 Å². The molecule has 2 aromatic carbocycles. The van der Waals surface area contributed by atoms with Crippen molar-refractivity contribution >= 4 is 29.2 Å². The first kappa shape index (κ1) is 20.5.